The first-order chi connectivity index (χ1) is 8.75. The molecule has 2 unspecified atom stereocenters. The number of halogens is 1. The highest BCUT2D eigenvalue weighted by molar-refractivity contribution is 7.84. The molecule has 0 saturated carbocycles. The second-order valence-corrected chi connectivity index (χ2v) is 7.41. The Labute approximate surface area is 116 Å². The van der Waals surface area contributed by atoms with Gasteiger partial charge in [0.05, 0.1) is 21.4 Å². The van der Waals surface area contributed by atoms with Crippen LogP contribution in [-0.4, -0.2) is 13.9 Å². The molecule has 1 aromatic rings. The smallest absolute Gasteiger partial charge is 0.144 e. The highest BCUT2D eigenvalue weighted by atomic mass is 32.2. The van der Waals surface area contributed by atoms with Crippen molar-refractivity contribution in [2.45, 2.75) is 44.9 Å². The van der Waals surface area contributed by atoms with E-state index < -0.39 is 11.0 Å². The number of aryl methyl sites for hydroxylation is 1. The van der Waals surface area contributed by atoms with Crippen molar-refractivity contribution in [2.24, 2.45) is 0 Å². The Bertz CT molecular complexity index is 483. The predicted octanol–water partition coefficient (Wildman–Crippen LogP) is 3.20. The van der Waals surface area contributed by atoms with Gasteiger partial charge in [-0.05, 0) is 45.7 Å². The van der Waals surface area contributed by atoms with Gasteiger partial charge in [-0.25, -0.2) is 13.3 Å². The largest absolute Gasteiger partial charge is 0.258 e. The molecule has 0 aliphatic carbocycles. The molecule has 0 spiro atoms. The molecule has 106 valence electrons. The number of hydrogen-bond acceptors (Lipinski definition) is 2. The van der Waals surface area contributed by atoms with Gasteiger partial charge in [0.1, 0.15) is 5.82 Å². The fourth-order valence-electron chi connectivity index (χ4n) is 1.44. The first-order valence-electron chi connectivity index (χ1n) is 6.16. The molecule has 1 aromatic heterocycles. The Morgan fingerprint density at radius 3 is 2.68 bits per heavy atom. The Balaban J connectivity index is 2.97. The second kappa shape index (κ2) is 6.39. The zero-order valence-electron chi connectivity index (χ0n) is 11.9. The first kappa shape index (κ1) is 16.0. The average molecular weight is 284 g/mol. The lowest BCUT2D eigenvalue weighted by atomic mass is 10.1. The van der Waals surface area contributed by atoms with E-state index in [9.17, 15) is 8.60 Å². The van der Waals surface area contributed by atoms with Crippen molar-refractivity contribution < 1.29 is 8.60 Å². The van der Waals surface area contributed by atoms with Gasteiger partial charge < -0.3 is 0 Å². The summed E-state index contributed by atoms with van der Waals surface area (Å²) in [4.78, 5) is 4.00. The van der Waals surface area contributed by atoms with Gasteiger partial charge in [-0.1, -0.05) is 6.08 Å². The summed E-state index contributed by atoms with van der Waals surface area (Å²) in [7, 11) is -1.23. The summed E-state index contributed by atoms with van der Waals surface area (Å²) >= 11 is 0. The molecule has 2 atom stereocenters. The van der Waals surface area contributed by atoms with E-state index in [1.165, 1.54) is 6.07 Å². The highest BCUT2D eigenvalue weighted by Gasteiger charge is 2.23. The maximum atomic E-state index is 13.6. The molecule has 1 heterocycles. The lowest BCUT2D eigenvalue weighted by molar-refractivity contribution is 0.582. The lowest BCUT2D eigenvalue weighted by Gasteiger charge is -2.23. The summed E-state index contributed by atoms with van der Waals surface area (Å²) in [6.45, 7) is 10.9. The molecule has 0 amide bonds. The SMILES string of the molecule is C=CCC(NS(=O)C(C)(C)C)c1cnc(C)c(F)c1. The molecule has 19 heavy (non-hydrogen) atoms. The van der Waals surface area contributed by atoms with Crippen LogP contribution in [0.2, 0.25) is 0 Å². The van der Waals surface area contributed by atoms with Crippen LogP contribution in [-0.2, 0) is 11.0 Å². The number of rotatable bonds is 5. The molecule has 3 nitrogen and oxygen atoms in total. The van der Waals surface area contributed by atoms with Crippen LogP contribution in [0.4, 0.5) is 4.39 Å². The van der Waals surface area contributed by atoms with Gasteiger partial charge in [-0.15, -0.1) is 6.58 Å². The summed E-state index contributed by atoms with van der Waals surface area (Å²) in [5, 5.41) is 0. The zero-order chi connectivity index (χ0) is 14.6. The maximum Gasteiger partial charge on any atom is 0.144 e. The molecule has 0 radical (unpaired) electrons. The summed E-state index contributed by atoms with van der Waals surface area (Å²) in [6.07, 6.45) is 3.89. The molecule has 0 aliphatic rings. The van der Waals surface area contributed by atoms with Crippen LogP contribution in [0.3, 0.4) is 0 Å². The quantitative estimate of drug-likeness (QED) is 0.844. The predicted molar refractivity (Wildman–Crippen MR) is 77.5 cm³/mol. The summed E-state index contributed by atoms with van der Waals surface area (Å²) < 4.78 is 28.3. The van der Waals surface area contributed by atoms with Crippen molar-refractivity contribution in [3.05, 3.63) is 42.0 Å². The number of nitrogens with one attached hydrogen (secondary N) is 1. The molecule has 1 rings (SSSR count). The van der Waals surface area contributed by atoms with Gasteiger partial charge in [-0.3, -0.25) is 4.98 Å². The molecular formula is C14H21FN2OS. The molecule has 0 fully saturated rings. The normalized spacial score (nSPS) is 15.0. The van der Waals surface area contributed by atoms with E-state index in [-0.39, 0.29) is 16.6 Å². The molecule has 0 bridgehead atoms. The Morgan fingerprint density at radius 2 is 2.21 bits per heavy atom. The number of aromatic nitrogens is 1. The number of pyridine rings is 1. The third-order valence-electron chi connectivity index (χ3n) is 2.66. The van der Waals surface area contributed by atoms with Gasteiger partial charge in [-0.2, -0.15) is 0 Å². The van der Waals surface area contributed by atoms with Gasteiger partial charge in [0.25, 0.3) is 0 Å². The molecule has 5 heteroatoms. The van der Waals surface area contributed by atoms with Crippen molar-refractivity contribution in [3.8, 4) is 0 Å². The zero-order valence-corrected chi connectivity index (χ0v) is 12.7. The van der Waals surface area contributed by atoms with Crippen molar-refractivity contribution in [3.63, 3.8) is 0 Å². The van der Waals surface area contributed by atoms with Crippen LogP contribution in [0.25, 0.3) is 0 Å². The molecule has 0 saturated heterocycles. The number of hydrogen-bond donors (Lipinski definition) is 1. The van der Waals surface area contributed by atoms with E-state index in [4.69, 9.17) is 0 Å². The van der Waals surface area contributed by atoms with E-state index in [0.29, 0.717) is 17.7 Å². The fourth-order valence-corrected chi connectivity index (χ4v) is 2.28. The van der Waals surface area contributed by atoms with E-state index >= 15 is 0 Å². The van der Waals surface area contributed by atoms with Crippen molar-refractivity contribution in [1.29, 1.82) is 0 Å². The van der Waals surface area contributed by atoms with Crippen molar-refractivity contribution >= 4 is 11.0 Å². The monoisotopic (exact) mass is 284 g/mol. The minimum absolute atomic E-state index is 0.250. The highest BCUT2D eigenvalue weighted by Crippen LogP contribution is 2.21. The topological polar surface area (TPSA) is 42.0 Å². The first-order valence-corrected chi connectivity index (χ1v) is 7.31. The van der Waals surface area contributed by atoms with Crippen molar-refractivity contribution in [2.75, 3.05) is 0 Å². The average Bonchev–Trinajstić information content (AvgIpc) is 2.31. The van der Waals surface area contributed by atoms with Gasteiger partial charge in [0.15, 0.2) is 0 Å². The maximum absolute atomic E-state index is 13.6. The second-order valence-electron chi connectivity index (χ2n) is 5.41. The number of nitrogens with zero attached hydrogens (tertiary/aromatic N) is 1. The summed E-state index contributed by atoms with van der Waals surface area (Å²) in [5.41, 5.74) is 1.04. The molecule has 0 aliphatic heterocycles. The standard InChI is InChI=1S/C14H21FN2OS/c1-6-7-13(17-19(18)14(3,4)5)11-8-12(15)10(2)16-9-11/h6,8-9,13,17H,1,7H2,2-5H3. The summed E-state index contributed by atoms with van der Waals surface area (Å²) in [5.74, 6) is -0.352. The van der Waals surface area contributed by atoms with Crippen LogP contribution >= 0.6 is 0 Å². The van der Waals surface area contributed by atoms with E-state index in [1.54, 1.807) is 19.2 Å². The van der Waals surface area contributed by atoms with Gasteiger partial charge in [0.2, 0.25) is 0 Å². The molecule has 1 N–H and O–H groups in total. The van der Waals surface area contributed by atoms with Crippen LogP contribution in [0.5, 0.6) is 0 Å². The van der Waals surface area contributed by atoms with Crippen LogP contribution in [0, 0.1) is 12.7 Å². The van der Waals surface area contributed by atoms with E-state index in [1.807, 2.05) is 20.8 Å². The Kier molecular flexibility index (Phi) is 5.38. The molecular weight excluding hydrogens is 263 g/mol. The lowest BCUT2D eigenvalue weighted by Crippen LogP contribution is -2.35. The Morgan fingerprint density at radius 1 is 1.58 bits per heavy atom. The Hall–Kier alpha value is -1.07. The molecule has 0 aromatic carbocycles. The van der Waals surface area contributed by atoms with Gasteiger partial charge in [0, 0.05) is 12.2 Å². The van der Waals surface area contributed by atoms with Crippen LogP contribution in [0.15, 0.2) is 24.9 Å². The van der Waals surface area contributed by atoms with Crippen LogP contribution in [0.1, 0.15) is 44.5 Å². The third-order valence-corrected chi connectivity index (χ3v) is 4.27. The fraction of sp³-hybridized carbons (Fsp3) is 0.500. The van der Waals surface area contributed by atoms with E-state index in [0.717, 1.165) is 0 Å². The van der Waals surface area contributed by atoms with E-state index in [2.05, 4.69) is 16.3 Å². The van der Waals surface area contributed by atoms with Gasteiger partial charge >= 0.3 is 0 Å². The summed E-state index contributed by atoms with van der Waals surface area (Å²) in [6, 6.07) is 1.18. The third kappa shape index (κ3) is 4.51. The minimum Gasteiger partial charge on any atom is -0.258 e. The van der Waals surface area contributed by atoms with Crippen LogP contribution < -0.4 is 4.72 Å². The minimum atomic E-state index is -1.23. The van der Waals surface area contributed by atoms with Crippen molar-refractivity contribution in [1.82, 2.24) is 9.71 Å².